The molecule has 0 aliphatic carbocycles. The SMILES string of the molecule is COC(=O)CNC(=O)CCC(NC(=O)CCCCCNC(=O)CCC(NC(=O)CCC(N)C(=O)NC(CCC(=O)NCCCCCC(=O)NC(CCC(=O)NCC(=O)OC)C(=O)NCC(=O)OC)C(=O)NCCCCCC(=O)NC(CCC(=O)NCC(=O)OC)C(=O)NCC(=O)OC)C(=O)NCCCCCC(=O)NC(CCC(=O)NCC(=O)OC)C(=O)NCC(=O)OC)C(=O)NCC(=O)OC. The van der Waals surface area contributed by atoms with E-state index in [1.165, 1.54) is 0 Å². The summed E-state index contributed by atoms with van der Waals surface area (Å²) in [7, 11) is 8.81. The van der Waals surface area contributed by atoms with E-state index in [1.54, 1.807) is 0 Å². The van der Waals surface area contributed by atoms with E-state index < -0.39 is 262 Å². The molecule has 53 heteroatoms. The van der Waals surface area contributed by atoms with Crippen LogP contribution in [0, 0.1) is 0 Å². The molecule has 53 nitrogen and oxygen atoms in total. The molecule has 766 valence electrons. The number of nitrogens with one attached hydrogen (secondary N) is 18. The van der Waals surface area contributed by atoms with Crippen LogP contribution in [-0.4, -0.2) is 332 Å². The molecule has 0 spiro atoms. The second-order valence-corrected chi connectivity index (χ2v) is 30.2. The predicted octanol–water partition coefficient (Wildman–Crippen LogP) is -8.30. The maximum atomic E-state index is 14.0. The molecule has 7 unspecified atom stereocenters. The van der Waals surface area contributed by atoms with E-state index in [4.69, 9.17) is 5.73 Å². The number of esters is 8. The van der Waals surface area contributed by atoms with Crippen molar-refractivity contribution in [3.05, 3.63) is 0 Å². The minimum Gasteiger partial charge on any atom is -0.468 e. The van der Waals surface area contributed by atoms with Gasteiger partial charge in [0.25, 0.3) is 0 Å². The van der Waals surface area contributed by atoms with E-state index in [2.05, 4.69) is 134 Å². The largest absolute Gasteiger partial charge is 0.468 e. The Bertz CT molecular complexity index is 3970. The zero-order chi connectivity index (χ0) is 102. The quantitative estimate of drug-likeness (QED) is 0.0153. The lowest BCUT2D eigenvalue weighted by molar-refractivity contribution is -0.142. The molecular weight excluding hydrogens is 1810 g/mol. The third-order valence-electron chi connectivity index (χ3n) is 19.6. The van der Waals surface area contributed by atoms with E-state index in [0.717, 1.165) is 56.9 Å². The summed E-state index contributed by atoms with van der Waals surface area (Å²) in [6.07, 6.45) is -1.80. The molecule has 0 radical (unpaired) electrons. The van der Waals surface area contributed by atoms with Crippen molar-refractivity contribution < 1.29 is 163 Å². The summed E-state index contributed by atoms with van der Waals surface area (Å²) in [6, 6.07) is -9.58. The highest BCUT2D eigenvalue weighted by Crippen LogP contribution is 2.12. The van der Waals surface area contributed by atoms with E-state index in [9.17, 15) is 125 Å². The molecule has 0 aromatic rings. The van der Waals surface area contributed by atoms with E-state index >= 15 is 0 Å². The molecule has 0 rings (SSSR count). The van der Waals surface area contributed by atoms with Crippen LogP contribution in [0.25, 0.3) is 0 Å². The van der Waals surface area contributed by atoms with Crippen molar-refractivity contribution >= 4 is 154 Å². The molecule has 0 aromatic heterocycles. The Labute approximate surface area is 785 Å². The molecule has 0 aromatic carbocycles. The van der Waals surface area contributed by atoms with Crippen molar-refractivity contribution in [2.24, 2.45) is 5.73 Å². The van der Waals surface area contributed by atoms with Crippen molar-refractivity contribution in [1.82, 2.24) is 95.7 Å². The summed E-state index contributed by atoms with van der Waals surface area (Å²) >= 11 is 0. The molecule has 0 aliphatic heterocycles. The summed E-state index contributed by atoms with van der Waals surface area (Å²) in [5, 5.41) is 44.4. The third-order valence-corrected chi connectivity index (χ3v) is 19.6. The van der Waals surface area contributed by atoms with Gasteiger partial charge in [-0.25, -0.2) is 0 Å². The molecule has 18 amide bonds. The molecular formula is C83H135N19O34. The van der Waals surface area contributed by atoms with Crippen LogP contribution in [0.3, 0.4) is 0 Å². The summed E-state index contributed by atoms with van der Waals surface area (Å²) in [5.41, 5.74) is 6.34. The molecule has 0 aliphatic rings. The number of carbonyl (C=O) groups excluding carboxylic acids is 26. The van der Waals surface area contributed by atoms with Gasteiger partial charge in [0.05, 0.1) is 62.9 Å². The van der Waals surface area contributed by atoms with Crippen LogP contribution in [-0.2, 0) is 163 Å². The topological polar surface area (TPSA) is 760 Å². The van der Waals surface area contributed by atoms with Gasteiger partial charge in [0, 0.05) is 96.8 Å². The number of hydrogen-bond acceptors (Lipinski definition) is 35. The Hall–Kier alpha value is -13.8. The van der Waals surface area contributed by atoms with Crippen molar-refractivity contribution in [2.75, 3.05) is 135 Å². The van der Waals surface area contributed by atoms with Gasteiger partial charge in [-0.3, -0.25) is 125 Å². The average Bonchev–Trinajstić information content (AvgIpc) is 0.819. The van der Waals surface area contributed by atoms with Crippen LogP contribution in [0.4, 0.5) is 0 Å². The van der Waals surface area contributed by atoms with Crippen LogP contribution in [0.15, 0.2) is 0 Å². The van der Waals surface area contributed by atoms with Crippen LogP contribution in [0.1, 0.15) is 193 Å². The Morgan fingerprint density at radius 3 is 0.559 bits per heavy atom. The summed E-state index contributed by atoms with van der Waals surface area (Å²) in [5.74, 6) is -18.9. The first kappa shape index (κ1) is 122. The maximum absolute atomic E-state index is 14.0. The molecule has 20 N–H and O–H groups in total. The Morgan fingerprint density at radius 1 is 0.176 bits per heavy atom. The lowest BCUT2D eigenvalue weighted by Gasteiger charge is -2.21. The summed E-state index contributed by atoms with van der Waals surface area (Å²) < 4.78 is 36.2. The maximum Gasteiger partial charge on any atom is 0.325 e. The first-order valence-electron chi connectivity index (χ1n) is 44.1. The third kappa shape index (κ3) is 62.6. The van der Waals surface area contributed by atoms with E-state index in [1.807, 2.05) is 0 Å². The number of rotatable bonds is 74. The van der Waals surface area contributed by atoms with Gasteiger partial charge in [-0.15, -0.1) is 0 Å². The first-order valence-corrected chi connectivity index (χ1v) is 44.1. The monoisotopic (exact) mass is 1940 g/mol. The number of amides is 18. The number of unbranched alkanes of at least 4 members (excludes halogenated alkanes) is 8. The zero-order valence-corrected chi connectivity index (χ0v) is 78.2. The molecule has 7 atom stereocenters. The number of methoxy groups -OCH3 is 8. The van der Waals surface area contributed by atoms with Crippen molar-refractivity contribution in [1.29, 1.82) is 0 Å². The summed E-state index contributed by atoms with van der Waals surface area (Å²) in [6.45, 7) is -3.97. The Morgan fingerprint density at radius 2 is 0.346 bits per heavy atom. The standard InChI is InChI=1S/C83H135N19O34/c1-129-69(114)43-89-60(105)35-27-53(80(125)93-47-73(118)133-5)97-64(109)21-13-9-17-39-85-58(103)33-26-52(78(123)87-41-19-11-15-23-66(111)99-55(82(127)95-49-75(120)135-7)29-37-62(107)91-45-71(116)131-3)101-68(113)32-25-51(84)77(122)102-57(79(124)88-42-20-12-16-24-67(112)100-56(83(128)96-50-76(121)136-8)30-38-63(108)92-46-72(117)132-4)31-34-59(104)86-40-18-10-14-22-65(110)98-54(81(126)94-48-74(119)134-6)28-36-61(106)90-44-70(115)130-2/h51-57H,9-50,84H2,1-8H3,(H,85,103)(H,86,104)(H,87,123)(H,88,124)(H,89,105)(H,90,106)(H,91,107)(H,92,108)(H,93,125)(H,94,126)(H,95,127)(H,96,128)(H,97,109)(H,98,110)(H,99,111)(H,100,112)(H,101,113)(H,102,122). The van der Waals surface area contributed by atoms with Crippen molar-refractivity contribution in [3.8, 4) is 0 Å². The first-order chi connectivity index (χ1) is 64.8. The van der Waals surface area contributed by atoms with Gasteiger partial charge < -0.3 is 139 Å². The van der Waals surface area contributed by atoms with Crippen LogP contribution in [0.2, 0.25) is 0 Å². The van der Waals surface area contributed by atoms with Gasteiger partial charge in [0.15, 0.2) is 0 Å². The molecule has 136 heavy (non-hydrogen) atoms. The van der Waals surface area contributed by atoms with Crippen LogP contribution < -0.4 is 101 Å². The molecule has 0 heterocycles. The molecule has 0 bridgehead atoms. The lowest BCUT2D eigenvalue weighted by Crippen LogP contribution is -2.52. The number of carbonyl (C=O) groups is 26. The Balaban J connectivity index is 6.67. The minimum atomic E-state index is -1.53. The lowest BCUT2D eigenvalue weighted by atomic mass is 10.1. The second-order valence-electron chi connectivity index (χ2n) is 30.2. The van der Waals surface area contributed by atoms with Crippen LogP contribution in [0.5, 0.6) is 0 Å². The molecule has 0 saturated heterocycles. The minimum absolute atomic E-state index is 0.0400. The highest BCUT2D eigenvalue weighted by Gasteiger charge is 2.31. The highest BCUT2D eigenvalue weighted by atomic mass is 16.6. The highest BCUT2D eigenvalue weighted by molar-refractivity contribution is 5.96. The number of nitrogens with two attached hydrogens (primary N) is 1. The van der Waals surface area contributed by atoms with E-state index in [0.29, 0.717) is 38.5 Å². The molecule has 0 saturated carbocycles. The van der Waals surface area contributed by atoms with Crippen molar-refractivity contribution in [3.63, 3.8) is 0 Å². The van der Waals surface area contributed by atoms with Gasteiger partial charge in [0.1, 0.15) is 88.6 Å². The Kier molecular flexibility index (Phi) is 67.0. The van der Waals surface area contributed by atoms with Gasteiger partial charge in [0.2, 0.25) is 106 Å². The smallest absolute Gasteiger partial charge is 0.325 e. The average molecular weight is 1940 g/mol. The second kappa shape index (κ2) is 74.6. The summed E-state index contributed by atoms with van der Waals surface area (Å²) in [4.78, 5) is 329. The zero-order valence-electron chi connectivity index (χ0n) is 78.2. The van der Waals surface area contributed by atoms with Crippen molar-refractivity contribution in [2.45, 2.75) is 235 Å². The predicted molar refractivity (Wildman–Crippen MR) is 470 cm³/mol. The number of ether oxygens (including phenoxy) is 8. The van der Waals surface area contributed by atoms with Gasteiger partial charge in [-0.2, -0.15) is 0 Å². The van der Waals surface area contributed by atoms with Gasteiger partial charge in [-0.1, -0.05) is 25.7 Å². The van der Waals surface area contributed by atoms with Gasteiger partial charge >= 0.3 is 47.8 Å². The van der Waals surface area contributed by atoms with E-state index in [-0.39, 0.29) is 167 Å². The fourth-order valence-corrected chi connectivity index (χ4v) is 11.7. The molecule has 0 fully saturated rings. The van der Waals surface area contributed by atoms with Crippen LogP contribution >= 0.6 is 0 Å². The number of hydrogen-bond donors (Lipinski definition) is 19. The fraction of sp³-hybridized carbons (Fsp3) is 0.687. The fourth-order valence-electron chi connectivity index (χ4n) is 11.7. The normalized spacial score (nSPS) is 12.0. The van der Waals surface area contributed by atoms with Gasteiger partial charge in [-0.05, 0) is 96.3 Å².